The fourth-order valence-electron chi connectivity index (χ4n) is 2.03. The van der Waals surface area contributed by atoms with Crippen LogP contribution in [0.3, 0.4) is 0 Å². The predicted octanol–water partition coefficient (Wildman–Crippen LogP) is 4.11. The molecule has 102 valence electrons. The van der Waals surface area contributed by atoms with Gasteiger partial charge in [0.25, 0.3) is 0 Å². The highest BCUT2D eigenvalue weighted by molar-refractivity contribution is 9.10. The molecule has 1 aromatic heterocycles. The van der Waals surface area contributed by atoms with E-state index in [0.717, 1.165) is 15.6 Å². The number of aryl methyl sites for hydroxylation is 2. The third-order valence-corrected chi connectivity index (χ3v) is 4.61. The van der Waals surface area contributed by atoms with Crippen molar-refractivity contribution in [1.82, 2.24) is 10.3 Å². The van der Waals surface area contributed by atoms with Gasteiger partial charge in [0.2, 0.25) is 0 Å². The molecule has 1 atom stereocenters. The Morgan fingerprint density at radius 1 is 1.32 bits per heavy atom. The van der Waals surface area contributed by atoms with Crippen molar-refractivity contribution in [2.45, 2.75) is 19.9 Å². The molecule has 19 heavy (non-hydrogen) atoms. The first-order chi connectivity index (χ1) is 8.95. The first-order valence-electron chi connectivity index (χ1n) is 5.70. The normalized spacial score (nSPS) is 12.7. The first-order valence-corrected chi connectivity index (χ1v) is 7.31. The second-order valence-electron chi connectivity index (χ2n) is 4.16. The number of rotatable bonds is 3. The van der Waals surface area contributed by atoms with E-state index in [9.17, 15) is 8.78 Å². The van der Waals surface area contributed by atoms with Gasteiger partial charge in [-0.1, -0.05) is 0 Å². The van der Waals surface area contributed by atoms with Crippen molar-refractivity contribution >= 4 is 27.3 Å². The van der Waals surface area contributed by atoms with E-state index in [1.807, 2.05) is 13.8 Å². The number of nitrogens with zero attached hydrogens (tertiary/aromatic N) is 1. The summed E-state index contributed by atoms with van der Waals surface area (Å²) in [5.41, 5.74) is 0.809. The average Bonchev–Trinajstić information content (AvgIpc) is 2.69. The maximum atomic E-state index is 14.2. The molecule has 0 aliphatic carbocycles. The number of thiazole rings is 1. The highest BCUT2D eigenvalue weighted by Gasteiger charge is 2.25. The van der Waals surface area contributed by atoms with Crippen LogP contribution in [0.5, 0.6) is 0 Å². The second-order valence-corrected chi connectivity index (χ2v) is 6.25. The van der Waals surface area contributed by atoms with E-state index in [4.69, 9.17) is 0 Å². The lowest BCUT2D eigenvalue weighted by Crippen LogP contribution is -2.20. The van der Waals surface area contributed by atoms with Crippen LogP contribution in [0.25, 0.3) is 0 Å². The van der Waals surface area contributed by atoms with Crippen LogP contribution in [0, 0.1) is 25.5 Å². The fraction of sp³-hybridized carbons (Fsp3) is 0.308. The third-order valence-electron chi connectivity index (χ3n) is 2.86. The quantitative estimate of drug-likeness (QED) is 0.846. The minimum absolute atomic E-state index is 0.0172. The van der Waals surface area contributed by atoms with Crippen molar-refractivity contribution in [3.8, 4) is 0 Å². The van der Waals surface area contributed by atoms with Crippen LogP contribution in [-0.4, -0.2) is 12.0 Å². The Labute approximate surface area is 123 Å². The molecule has 1 heterocycles. The fourth-order valence-corrected chi connectivity index (χ4v) is 3.42. The lowest BCUT2D eigenvalue weighted by Gasteiger charge is -2.18. The van der Waals surface area contributed by atoms with Gasteiger partial charge < -0.3 is 5.32 Å². The Kier molecular flexibility index (Phi) is 4.32. The minimum Gasteiger partial charge on any atom is -0.308 e. The molecular formula is C13H13BrF2N2S. The predicted molar refractivity (Wildman–Crippen MR) is 76.5 cm³/mol. The summed E-state index contributed by atoms with van der Waals surface area (Å²) in [4.78, 5) is 5.14. The molecule has 0 fully saturated rings. The standard InChI is InChI=1S/C13H13BrF2N2S/c1-6-13(19-7(2)18-6)12(17-3)10-9(15)5-4-8(14)11(10)16/h4-5,12,17H,1-3H3. The number of aromatic nitrogens is 1. The number of hydrogen-bond acceptors (Lipinski definition) is 3. The van der Waals surface area contributed by atoms with Crippen LogP contribution in [-0.2, 0) is 0 Å². The first kappa shape index (κ1) is 14.6. The monoisotopic (exact) mass is 346 g/mol. The Morgan fingerprint density at radius 2 is 2.00 bits per heavy atom. The topological polar surface area (TPSA) is 24.9 Å². The van der Waals surface area contributed by atoms with Crippen molar-refractivity contribution < 1.29 is 8.78 Å². The highest BCUT2D eigenvalue weighted by atomic mass is 79.9. The molecule has 0 saturated heterocycles. The molecule has 1 N–H and O–H groups in total. The Balaban J connectivity index is 2.61. The van der Waals surface area contributed by atoms with E-state index < -0.39 is 17.7 Å². The molecule has 2 nitrogen and oxygen atoms in total. The van der Waals surface area contributed by atoms with Crippen LogP contribution in [0.4, 0.5) is 8.78 Å². The highest BCUT2D eigenvalue weighted by Crippen LogP contribution is 2.34. The number of halogens is 3. The lowest BCUT2D eigenvalue weighted by molar-refractivity contribution is 0.520. The van der Waals surface area contributed by atoms with E-state index in [1.165, 1.54) is 23.5 Å². The molecule has 0 aliphatic heterocycles. The van der Waals surface area contributed by atoms with Gasteiger partial charge in [-0.15, -0.1) is 11.3 Å². The van der Waals surface area contributed by atoms with E-state index in [0.29, 0.717) is 0 Å². The van der Waals surface area contributed by atoms with Gasteiger partial charge in [-0.25, -0.2) is 13.8 Å². The molecule has 0 amide bonds. The Hall–Kier alpha value is -0.850. The summed E-state index contributed by atoms with van der Waals surface area (Å²) in [7, 11) is 1.68. The molecule has 1 unspecified atom stereocenters. The minimum atomic E-state index is -0.579. The van der Waals surface area contributed by atoms with Gasteiger partial charge in [-0.3, -0.25) is 0 Å². The van der Waals surface area contributed by atoms with E-state index in [-0.39, 0.29) is 10.0 Å². The van der Waals surface area contributed by atoms with Crippen molar-refractivity contribution in [2.75, 3.05) is 7.05 Å². The summed E-state index contributed by atoms with van der Waals surface area (Å²) < 4.78 is 28.4. The molecule has 2 rings (SSSR count). The summed E-state index contributed by atoms with van der Waals surface area (Å²) in [5, 5.41) is 3.85. The summed E-state index contributed by atoms with van der Waals surface area (Å²) in [5.74, 6) is -1.14. The van der Waals surface area contributed by atoms with Crippen LogP contribution in [0.1, 0.15) is 27.2 Å². The van der Waals surface area contributed by atoms with Gasteiger partial charge in [0.05, 0.1) is 21.2 Å². The number of nitrogens with one attached hydrogen (secondary N) is 1. The van der Waals surface area contributed by atoms with Crippen LogP contribution < -0.4 is 5.32 Å². The van der Waals surface area contributed by atoms with Crippen molar-refractivity contribution in [3.63, 3.8) is 0 Å². The van der Waals surface area contributed by atoms with Crippen LogP contribution in [0.2, 0.25) is 0 Å². The Morgan fingerprint density at radius 3 is 2.53 bits per heavy atom. The van der Waals surface area contributed by atoms with Crippen LogP contribution >= 0.6 is 27.3 Å². The van der Waals surface area contributed by atoms with Gasteiger partial charge in [-0.2, -0.15) is 0 Å². The average molecular weight is 347 g/mol. The molecular weight excluding hydrogens is 334 g/mol. The zero-order valence-electron chi connectivity index (χ0n) is 10.7. The van der Waals surface area contributed by atoms with Crippen molar-refractivity contribution in [2.24, 2.45) is 0 Å². The van der Waals surface area contributed by atoms with Crippen molar-refractivity contribution in [3.05, 3.63) is 49.4 Å². The van der Waals surface area contributed by atoms with E-state index >= 15 is 0 Å². The zero-order chi connectivity index (χ0) is 14.2. The number of benzene rings is 1. The molecule has 0 spiro atoms. The molecule has 2 aromatic rings. The number of hydrogen-bond donors (Lipinski definition) is 1. The van der Waals surface area contributed by atoms with Gasteiger partial charge in [0.15, 0.2) is 0 Å². The zero-order valence-corrected chi connectivity index (χ0v) is 13.1. The Bertz CT molecular complexity index is 613. The summed E-state index contributed by atoms with van der Waals surface area (Å²) >= 11 is 4.54. The van der Waals surface area contributed by atoms with Gasteiger partial charge >= 0.3 is 0 Å². The molecule has 0 radical (unpaired) electrons. The molecule has 1 aromatic carbocycles. The third kappa shape index (κ3) is 2.70. The summed E-state index contributed by atoms with van der Waals surface area (Å²) in [6, 6.07) is 2.09. The van der Waals surface area contributed by atoms with Crippen molar-refractivity contribution in [1.29, 1.82) is 0 Å². The smallest absolute Gasteiger partial charge is 0.145 e. The molecule has 6 heteroatoms. The molecule has 0 saturated carbocycles. The van der Waals surface area contributed by atoms with Gasteiger partial charge in [-0.05, 0) is 49.0 Å². The summed E-state index contributed by atoms with van der Waals surface area (Å²) in [6.07, 6.45) is 0. The SMILES string of the molecule is CNC(c1sc(C)nc1C)c1c(F)ccc(Br)c1F. The second kappa shape index (κ2) is 5.64. The maximum absolute atomic E-state index is 14.2. The van der Waals surface area contributed by atoms with Gasteiger partial charge in [0.1, 0.15) is 11.6 Å². The maximum Gasteiger partial charge on any atom is 0.145 e. The van der Waals surface area contributed by atoms with E-state index in [1.54, 1.807) is 7.05 Å². The van der Waals surface area contributed by atoms with E-state index in [2.05, 4.69) is 26.2 Å². The largest absolute Gasteiger partial charge is 0.308 e. The molecule has 0 aliphatic rings. The molecule has 0 bridgehead atoms. The lowest BCUT2D eigenvalue weighted by atomic mass is 10.0. The van der Waals surface area contributed by atoms with Crippen LogP contribution in [0.15, 0.2) is 16.6 Å². The van der Waals surface area contributed by atoms with Gasteiger partial charge in [0, 0.05) is 10.4 Å². The summed E-state index contributed by atoms with van der Waals surface area (Å²) in [6.45, 7) is 3.72.